The van der Waals surface area contributed by atoms with Gasteiger partial charge in [0.25, 0.3) is 5.91 Å². The Kier molecular flexibility index (Phi) is 4.02. The van der Waals surface area contributed by atoms with E-state index in [2.05, 4.69) is 12.2 Å². The minimum absolute atomic E-state index is 0.174. The maximum atomic E-state index is 12.2. The molecule has 19 heavy (non-hydrogen) atoms. The zero-order valence-corrected chi connectivity index (χ0v) is 11.2. The van der Waals surface area contributed by atoms with E-state index >= 15 is 0 Å². The van der Waals surface area contributed by atoms with Crippen molar-refractivity contribution in [1.29, 1.82) is 0 Å². The van der Waals surface area contributed by atoms with Gasteiger partial charge in [0.1, 0.15) is 12.0 Å². The fourth-order valence-electron chi connectivity index (χ4n) is 1.99. The van der Waals surface area contributed by atoms with Crippen LogP contribution in [0, 0.1) is 6.92 Å². The molecule has 0 aliphatic rings. The third-order valence-electron chi connectivity index (χ3n) is 3.10. The number of nitrogens with one attached hydrogen (secondary N) is 1. The summed E-state index contributed by atoms with van der Waals surface area (Å²) in [5.74, 6) is 0.429. The number of benzene rings is 1. The van der Waals surface area contributed by atoms with Gasteiger partial charge in [-0.2, -0.15) is 0 Å². The Hall–Kier alpha value is -2.07. The average molecular weight is 258 g/mol. The molecule has 1 aromatic heterocycles. The van der Waals surface area contributed by atoms with E-state index in [4.69, 9.17) is 10.2 Å². The number of aryl methyl sites for hydroxylation is 2. The highest BCUT2D eigenvalue weighted by molar-refractivity contribution is 6.04. The fourth-order valence-corrected chi connectivity index (χ4v) is 1.99. The van der Waals surface area contributed by atoms with Crippen molar-refractivity contribution in [3.05, 3.63) is 53.0 Å². The molecule has 100 valence electrons. The van der Waals surface area contributed by atoms with E-state index in [1.54, 1.807) is 6.07 Å². The standard InChI is InChI=1S/C15H18N2O2/c1-3-11-6-4-5-10(2)14(11)17-15(18)12-7-13(8-16)19-9-12/h4-7,9H,3,8,16H2,1-2H3,(H,17,18). The van der Waals surface area contributed by atoms with E-state index in [-0.39, 0.29) is 12.5 Å². The van der Waals surface area contributed by atoms with Gasteiger partial charge in [0, 0.05) is 5.69 Å². The van der Waals surface area contributed by atoms with Crippen LogP contribution in [0.5, 0.6) is 0 Å². The number of furan rings is 1. The summed E-state index contributed by atoms with van der Waals surface area (Å²) >= 11 is 0. The van der Waals surface area contributed by atoms with Crippen LogP contribution in [-0.4, -0.2) is 5.91 Å². The highest BCUT2D eigenvalue weighted by Crippen LogP contribution is 2.22. The summed E-state index contributed by atoms with van der Waals surface area (Å²) in [7, 11) is 0. The molecule has 0 bridgehead atoms. The van der Waals surface area contributed by atoms with E-state index in [0.717, 1.165) is 23.2 Å². The van der Waals surface area contributed by atoms with E-state index in [0.29, 0.717) is 11.3 Å². The molecule has 4 nitrogen and oxygen atoms in total. The number of para-hydroxylation sites is 1. The second kappa shape index (κ2) is 5.71. The van der Waals surface area contributed by atoms with Crippen LogP contribution < -0.4 is 11.1 Å². The number of hydrogen-bond acceptors (Lipinski definition) is 3. The van der Waals surface area contributed by atoms with Crippen LogP contribution in [0.4, 0.5) is 5.69 Å². The van der Waals surface area contributed by atoms with Gasteiger partial charge in [-0.25, -0.2) is 0 Å². The molecule has 2 rings (SSSR count). The lowest BCUT2D eigenvalue weighted by molar-refractivity contribution is 0.102. The lowest BCUT2D eigenvalue weighted by atomic mass is 10.1. The van der Waals surface area contributed by atoms with E-state index < -0.39 is 0 Å². The number of rotatable bonds is 4. The Morgan fingerprint density at radius 3 is 2.84 bits per heavy atom. The van der Waals surface area contributed by atoms with E-state index in [1.165, 1.54) is 6.26 Å². The lowest BCUT2D eigenvalue weighted by Crippen LogP contribution is -2.13. The number of carbonyl (C=O) groups excluding carboxylic acids is 1. The van der Waals surface area contributed by atoms with Gasteiger partial charge in [0.2, 0.25) is 0 Å². The predicted octanol–water partition coefficient (Wildman–Crippen LogP) is 2.86. The molecule has 0 aliphatic carbocycles. The second-order valence-electron chi connectivity index (χ2n) is 4.42. The molecule has 0 unspecified atom stereocenters. The molecular weight excluding hydrogens is 240 g/mol. The molecule has 2 aromatic rings. The molecule has 0 atom stereocenters. The van der Waals surface area contributed by atoms with Gasteiger partial charge >= 0.3 is 0 Å². The largest absolute Gasteiger partial charge is 0.467 e. The van der Waals surface area contributed by atoms with Gasteiger partial charge in [-0.1, -0.05) is 25.1 Å². The fraction of sp³-hybridized carbons (Fsp3) is 0.267. The van der Waals surface area contributed by atoms with E-state index in [9.17, 15) is 4.79 Å². The highest BCUT2D eigenvalue weighted by atomic mass is 16.3. The van der Waals surface area contributed by atoms with E-state index in [1.807, 2.05) is 25.1 Å². The molecule has 1 heterocycles. The van der Waals surface area contributed by atoms with Crippen molar-refractivity contribution < 1.29 is 9.21 Å². The van der Waals surface area contributed by atoms with Crippen molar-refractivity contribution in [2.75, 3.05) is 5.32 Å². The molecule has 1 aromatic carbocycles. The van der Waals surface area contributed by atoms with Crippen molar-refractivity contribution in [3.63, 3.8) is 0 Å². The number of anilines is 1. The number of nitrogens with two attached hydrogens (primary N) is 1. The molecule has 0 saturated heterocycles. The van der Waals surface area contributed by atoms with Crippen LogP contribution in [0.2, 0.25) is 0 Å². The second-order valence-corrected chi connectivity index (χ2v) is 4.42. The predicted molar refractivity (Wildman–Crippen MR) is 75.1 cm³/mol. The topological polar surface area (TPSA) is 68.3 Å². The first kappa shape index (κ1) is 13.4. The maximum absolute atomic E-state index is 12.2. The normalized spacial score (nSPS) is 10.5. The van der Waals surface area contributed by atoms with Gasteiger partial charge < -0.3 is 15.5 Å². The summed E-state index contributed by atoms with van der Waals surface area (Å²) in [5, 5.41) is 2.94. The molecule has 1 amide bonds. The molecule has 3 N–H and O–H groups in total. The zero-order chi connectivity index (χ0) is 13.8. The van der Waals surface area contributed by atoms with Gasteiger partial charge in [0.05, 0.1) is 12.1 Å². The SMILES string of the molecule is CCc1cccc(C)c1NC(=O)c1coc(CN)c1. The third kappa shape index (κ3) is 2.85. The van der Waals surface area contributed by atoms with Crippen LogP contribution in [0.25, 0.3) is 0 Å². The Morgan fingerprint density at radius 2 is 2.21 bits per heavy atom. The van der Waals surface area contributed by atoms with Crippen LogP contribution >= 0.6 is 0 Å². The molecule has 0 spiro atoms. The summed E-state index contributed by atoms with van der Waals surface area (Å²) in [6.45, 7) is 4.34. The first-order chi connectivity index (χ1) is 9.15. The summed E-state index contributed by atoms with van der Waals surface area (Å²) in [4.78, 5) is 12.2. The number of amides is 1. The molecule has 0 saturated carbocycles. The summed E-state index contributed by atoms with van der Waals surface area (Å²) < 4.78 is 5.17. The smallest absolute Gasteiger partial charge is 0.258 e. The average Bonchev–Trinajstić information content (AvgIpc) is 2.90. The van der Waals surface area contributed by atoms with Crippen molar-refractivity contribution >= 4 is 11.6 Å². The first-order valence-corrected chi connectivity index (χ1v) is 6.33. The molecular formula is C15H18N2O2. The summed E-state index contributed by atoms with van der Waals surface area (Å²) in [6, 6.07) is 7.66. The lowest BCUT2D eigenvalue weighted by Gasteiger charge is -2.12. The highest BCUT2D eigenvalue weighted by Gasteiger charge is 2.12. The maximum Gasteiger partial charge on any atom is 0.258 e. The van der Waals surface area contributed by atoms with Crippen LogP contribution in [-0.2, 0) is 13.0 Å². The Balaban J connectivity index is 2.23. The first-order valence-electron chi connectivity index (χ1n) is 6.33. The number of carbonyl (C=O) groups is 1. The molecule has 0 radical (unpaired) electrons. The van der Waals surface area contributed by atoms with Crippen molar-refractivity contribution in [3.8, 4) is 0 Å². The van der Waals surface area contributed by atoms with Crippen molar-refractivity contribution in [1.82, 2.24) is 0 Å². The minimum Gasteiger partial charge on any atom is -0.467 e. The third-order valence-corrected chi connectivity index (χ3v) is 3.10. The van der Waals surface area contributed by atoms with Gasteiger partial charge in [-0.15, -0.1) is 0 Å². The van der Waals surface area contributed by atoms with Gasteiger partial charge in [-0.05, 0) is 30.5 Å². The Labute approximate surface area is 112 Å². The summed E-state index contributed by atoms with van der Waals surface area (Å²) in [6.07, 6.45) is 2.30. The molecule has 4 heteroatoms. The van der Waals surface area contributed by atoms with Crippen LogP contribution in [0.1, 0.15) is 34.2 Å². The Morgan fingerprint density at radius 1 is 1.42 bits per heavy atom. The molecule has 0 fully saturated rings. The minimum atomic E-state index is -0.174. The quantitative estimate of drug-likeness (QED) is 0.886. The zero-order valence-electron chi connectivity index (χ0n) is 11.2. The van der Waals surface area contributed by atoms with Crippen molar-refractivity contribution in [2.24, 2.45) is 5.73 Å². The monoisotopic (exact) mass is 258 g/mol. The van der Waals surface area contributed by atoms with Crippen LogP contribution in [0.3, 0.4) is 0 Å². The number of hydrogen-bond donors (Lipinski definition) is 2. The Bertz CT molecular complexity index is 588. The van der Waals surface area contributed by atoms with Crippen molar-refractivity contribution in [2.45, 2.75) is 26.8 Å². The summed E-state index contributed by atoms with van der Waals surface area (Å²) in [5.41, 5.74) is 9.00. The van der Waals surface area contributed by atoms with Crippen LogP contribution in [0.15, 0.2) is 34.9 Å². The molecule has 0 aliphatic heterocycles. The van der Waals surface area contributed by atoms with Gasteiger partial charge in [0.15, 0.2) is 0 Å². The van der Waals surface area contributed by atoms with Gasteiger partial charge in [-0.3, -0.25) is 4.79 Å².